The molecule has 1 aromatic carbocycles. The van der Waals surface area contributed by atoms with Crippen LogP contribution in [0.3, 0.4) is 0 Å². The second-order valence-corrected chi connectivity index (χ2v) is 8.21. The number of fused-ring (bicyclic) bond motifs is 1. The largest absolute Gasteiger partial charge is 0.275 e. The summed E-state index contributed by atoms with van der Waals surface area (Å²) in [5, 5.41) is 4.40. The van der Waals surface area contributed by atoms with Gasteiger partial charge in [0.15, 0.2) is 0 Å². The zero-order valence-electron chi connectivity index (χ0n) is 14.5. The summed E-state index contributed by atoms with van der Waals surface area (Å²) in [5.41, 5.74) is 5.57. The van der Waals surface area contributed by atoms with Crippen molar-refractivity contribution in [3.8, 4) is 0 Å². The van der Waals surface area contributed by atoms with Crippen molar-refractivity contribution >= 4 is 28.5 Å². The fraction of sp³-hybridized carbons (Fsp3) is 0.333. The van der Waals surface area contributed by atoms with E-state index in [-0.39, 0.29) is 11.8 Å². The number of benzene rings is 1. The average Bonchev–Trinajstić information content (AvgIpc) is 2.94. The molecule has 0 unspecified atom stereocenters. The van der Waals surface area contributed by atoms with Crippen molar-refractivity contribution in [2.75, 3.05) is 0 Å². The van der Waals surface area contributed by atoms with Gasteiger partial charge in [0.25, 0.3) is 5.91 Å². The smallest absolute Gasteiger partial charge is 0.267 e. The number of aryl methyl sites for hydroxylation is 2. The van der Waals surface area contributed by atoms with Crippen LogP contribution in [-0.2, 0) is 6.42 Å². The van der Waals surface area contributed by atoms with Gasteiger partial charge in [0.2, 0.25) is 0 Å². The summed E-state index contributed by atoms with van der Waals surface area (Å²) in [5.74, 6) is 0.674. The lowest BCUT2D eigenvalue weighted by Gasteiger charge is -2.37. The number of aromatic nitrogens is 2. The van der Waals surface area contributed by atoms with Crippen molar-refractivity contribution in [1.82, 2.24) is 9.78 Å². The normalized spacial score (nSPS) is 22.3. The lowest BCUT2D eigenvalue weighted by molar-refractivity contribution is 0.0921. The molecule has 2 atom stereocenters. The molecule has 2 bridgehead atoms. The number of allylic oxidation sites excluding steroid dienone is 4. The Morgan fingerprint density at radius 3 is 2.64 bits per heavy atom. The molecule has 5 rings (SSSR count). The van der Waals surface area contributed by atoms with E-state index in [0.29, 0.717) is 5.92 Å². The van der Waals surface area contributed by atoms with Gasteiger partial charge in [0, 0.05) is 26.7 Å². The van der Waals surface area contributed by atoms with E-state index < -0.39 is 0 Å². The maximum atomic E-state index is 13.1. The molecule has 0 radical (unpaired) electrons. The third-order valence-corrected chi connectivity index (χ3v) is 6.58. The summed E-state index contributed by atoms with van der Waals surface area (Å²) in [6.45, 7) is 3.88. The van der Waals surface area contributed by atoms with Crippen molar-refractivity contribution in [2.45, 2.75) is 33.1 Å². The number of carbonyl (C=O) groups excluding carboxylic acids is 1. The highest BCUT2D eigenvalue weighted by atomic mass is 127. The standard InChI is InChI=1S/C21H21IN2O/c1-13-10-14(2)24(23-13)21(25)19-16-8-9-18(20(19)22)17(12-16)11-15-6-4-3-5-7-15/h3-7,10,12,16,18H,8-9,11H2,1-2H3/t16-,18+/m1/s1. The Bertz CT molecular complexity index is 892. The number of rotatable bonds is 3. The van der Waals surface area contributed by atoms with Gasteiger partial charge in [-0.1, -0.05) is 42.0 Å². The summed E-state index contributed by atoms with van der Waals surface area (Å²) >= 11 is 2.41. The summed E-state index contributed by atoms with van der Waals surface area (Å²) in [6.07, 6.45) is 5.55. The van der Waals surface area contributed by atoms with Crippen LogP contribution in [0, 0.1) is 25.7 Å². The van der Waals surface area contributed by atoms with E-state index in [9.17, 15) is 4.79 Å². The maximum absolute atomic E-state index is 13.1. The molecule has 3 nitrogen and oxygen atoms in total. The van der Waals surface area contributed by atoms with Crippen molar-refractivity contribution in [2.24, 2.45) is 11.8 Å². The average molecular weight is 444 g/mol. The molecule has 0 saturated carbocycles. The first-order valence-corrected chi connectivity index (χ1v) is 9.84. The molecule has 1 aromatic heterocycles. The molecule has 0 fully saturated rings. The van der Waals surface area contributed by atoms with E-state index in [1.165, 1.54) is 14.7 Å². The highest BCUT2D eigenvalue weighted by molar-refractivity contribution is 14.1. The minimum atomic E-state index is 0.0553. The molecule has 4 heteroatoms. The molecule has 25 heavy (non-hydrogen) atoms. The van der Waals surface area contributed by atoms with Crippen LogP contribution in [0.1, 0.15) is 34.6 Å². The Labute approximate surface area is 162 Å². The van der Waals surface area contributed by atoms with E-state index in [2.05, 4.69) is 64.1 Å². The molecule has 1 heterocycles. The van der Waals surface area contributed by atoms with Gasteiger partial charge in [-0.05, 0) is 67.3 Å². The van der Waals surface area contributed by atoms with Gasteiger partial charge in [0.05, 0.1) is 5.69 Å². The Morgan fingerprint density at radius 1 is 1.24 bits per heavy atom. The van der Waals surface area contributed by atoms with Crippen molar-refractivity contribution in [3.63, 3.8) is 0 Å². The molecule has 0 saturated heterocycles. The van der Waals surface area contributed by atoms with Crippen LogP contribution in [0.15, 0.2) is 57.2 Å². The fourth-order valence-corrected chi connectivity index (χ4v) is 5.44. The maximum Gasteiger partial charge on any atom is 0.275 e. The quantitative estimate of drug-likeness (QED) is 0.491. The molecule has 0 amide bonds. The number of halogens is 1. The zero-order chi connectivity index (χ0) is 17.6. The lowest BCUT2D eigenvalue weighted by atomic mass is 9.70. The summed E-state index contributed by atoms with van der Waals surface area (Å²) in [7, 11) is 0. The van der Waals surface area contributed by atoms with Crippen LogP contribution in [0.2, 0.25) is 0 Å². The van der Waals surface area contributed by atoms with E-state index in [1.807, 2.05) is 19.9 Å². The first kappa shape index (κ1) is 16.8. The summed E-state index contributed by atoms with van der Waals surface area (Å²) in [4.78, 5) is 13.1. The van der Waals surface area contributed by atoms with Crippen LogP contribution < -0.4 is 0 Å². The summed E-state index contributed by atoms with van der Waals surface area (Å²) in [6, 6.07) is 12.6. The highest BCUT2D eigenvalue weighted by Gasteiger charge is 2.38. The molecule has 128 valence electrons. The Balaban J connectivity index is 1.64. The molecule has 0 spiro atoms. The van der Waals surface area contributed by atoms with Gasteiger partial charge in [-0.2, -0.15) is 5.10 Å². The monoisotopic (exact) mass is 444 g/mol. The van der Waals surface area contributed by atoms with Crippen molar-refractivity contribution in [3.05, 3.63) is 74.2 Å². The van der Waals surface area contributed by atoms with Gasteiger partial charge >= 0.3 is 0 Å². The second-order valence-electron chi connectivity index (χ2n) is 7.05. The number of carbonyl (C=O) groups is 1. The van der Waals surface area contributed by atoms with Crippen LogP contribution >= 0.6 is 22.6 Å². The molecule has 0 aliphatic heterocycles. The number of hydrogen-bond acceptors (Lipinski definition) is 2. The molecule has 2 aromatic rings. The molecular formula is C21H21IN2O. The van der Waals surface area contributed by atoms with Crippen molar-refractivity contribution in [1.29, 1.82) is 0 Å². The lowest BCUT2D eigenvalue weighted by Crippen LogP contribution is -2.31. The molecule has 3 aliphatic rings. The Morgan fingerprint density at radius 2 is 2.00 bits per heavy atom. The second kappa shape index (κ2) is 6.56. The van der Waals surface area contributed by atoms with Crippen molar-refractivity contribution < 1.29 is 4.79 Å². The Kier molecular flexibility index (Phi) is 4.40. The van der Waals surface area contributed by atoms with Crippen LogP contribution in [0.25, 0.3) is 0 Å². The van der Waals surface area contributed by atoms with Gasteiger partial charge in [-0.3, -0.25) is 4.79 Å². The third kappa shape index (κ3) is 3.01. The van der Waals surface area contributed by atoms with E-state index in [1.54, 1.807) is 4.68 Å². The minimum absolute atomic E-state index is 0.0553. The topological polar surface area (TPSA) is 34.9 Å². The highest BCUT2D eigenvalue weighted by Crippen LogP contribution is 2.48. The molecule has 3 aliphatic carbocycles. The van der Waals surface area contributed by atoms with Gasteiger partial charge in [-0.15, -0.1) is 0 Å². The van der Waals surface area contributed by atoms with Crippen LogP contribution in [0.4, 0.5) is 0 Å². The van der Waals surface area contributed by atoms with Crippen LogP contribution in [-0.4, -0.2) is 15.7 Å². The number of nitrogens with zero attached hydrogens (tertiary/aromatic N) is 2. The molecule has 0 N–H and O–H groups in total. The Hall–Kier alpha value is -1.69. The molecular weight excluding hydrogens is 423 g/mol. The van der Waals surface area contributed by atoms with Gasteiger partial charge in [-0.25, -0.2) is 4.68 Å². The third-order valence-electron chi connectivity index (χ3n) is 5.25. The van der Waals surface area contributed by atoms with Gasteiger partial charge in [0.1, 0.15) is 0 Å². The summed E-state index contributed by atoms with van der Waals surface area (Å²) < 4.78 is 2.80. The first-order valence-electron chi connectivity index (χ1n) is 8.76. The van der Waals surface area contributed by atoms with E-state index >= 15 is 0 Å². The predicted molar refractivity (Wildman–Crippen MR) is 108 cm³/mol. The number of hydrogen-bond donors (Lipinski definition) is 0. The van der Waals surface area contributed by atoms with E-state index in [0.717, 1.165) is 36.2 Å². The van der Waals surface area contributed by atoms with Gasteiger partial charge < -0.3 is 0 Å². The SMILES string of the molecule is Cc1cc(C)n(C(=O)C2=C(I)[C@H]3CC[C@@H]2C=C3Cc2ccccc2)n1. The first-order chi connectivity index (χ1) is 12.0. The zero-order valence-corrected chi connectivity index (χ0v) is 16.7. The van der Waals surface area contributed by atoms with E-state index in [4.69, 9.17) is 0 Å². The minimum Gasteiger partial charge on any atom is -0.267 e. The van der Waals surface area contributed by atoms with Crippen LogP contribution in [0.5, 0.6) is 0 Å². The fourth-order valence-electron chi connectivity index (χ4n) is 4.09. The predicted octanol–water partition coefficient (Wildman–Crippen LogP) is 5.04.